The van der Waals surface area contributed by atoms with Crippen LogP contribution in [0.5, 0.6) is 5.75 Å². The molecule has 0 unspecified atom stereocenters. The molecule has 2 rings (SSSR count). The van der Waals surface area contributed by atoms with Gasteiger partial charge in [0.25, 0.3) is 0 Å². The first-order chi connectivity index (χ1) is 15.0. The molecule has 0 fully saturated rings. The topological polar surface area (TPSA) is 18.5 Å². The standard InChI is InChI=1S/C26H35F3O2/c1-3-5-7-9-11-13-15-19-30-23-18-17-21-20-22(16-14-12-10-8-6-4-2)31-26(28,29)24(21)25(23)27/h4,10,12,17-18,20H,2-3,5-9,11,13-16,19H2,1H3/b12-10+. The van der Waals surface area contributed by atoms with Crippen LogP contribution in [0.15, 0.2) is 42.7 Å². The number of alkyl halides is 2. The molecule has 1 aromatic carbocycles. The van der Waals surface area contributed by atoms with Gasteiger partial charge in [0.1, 0.15) is 11.3 Å². The number of ether oxygens (including phenoxy) is 2. The van der Waals surface area contributed by atoms with Crippen LogP contribution in [0.3, 0.4) is 0 Å². The lowest BCUT2D eigenvalue weighted by molar-refractivity contribution is -0.228. The van der Waals surface area contributed by atoms with Crippen molar-refractivity contribution in [2.45, 2.75) is 83.7 Å². The summed E-state index contributed by atoms with van der Waals surface area (Å²) in [5.41, 5.74) is -0.600. The third kappa shape index (κ3) is 8.12. The van der Waals surface area contributed by atoms with Gasteiger partial charge in [0, 0.05) is 6.42 Å². The number of unbranched alkanes of at least 4 members (excludes halogenated alkanes) is 7. The van der Waals surface area contributed by atoms with Gasteiger partial charge in [0.05, 0.1) is 6.61 Å². The Morgan fingerprint density at radius 1 is 1.00 bits per heavy atom. The predicted octanol–water partition coefficient (Wildman–Crippen LogP) is 8.68. The normalized spacial score (nSPS) is 14.8. The van der Waals surface area contributed by atoms with Gasteiger partial charge in [0.15, 0.2) is 11.6 Å². The fourth-order valence-corrected chi connectivity index (χ4v) is 3.56. The first-order valence-corrected chi connectivity index (χ1v) is 11.5. The van der Waals surface area contributed by atoms with Gasteiger partial charge in [-0.2, -0.15) is 8.78 Å². The van der Waals surface area contributed by atoms with Crippen LogP contribution in [0, 0.1) is 5.82 Å². The molecule has 0 saturated carbocycles. The summed E-state index contributed by atoms with van der Waals surface area (Å²) in [5, 5.41) is 0. The Morgan fingerprint density at radius 3 is 2.45 bits per heavy atom. The van der Waals surface area contributed by atoms with Crippen LogP contribution in [0.25, 0.3) is 6.08 Å². The molecule has 1 aromatic rings. The van der Waals surface area contributed by atoms with E-state index in [0.29, 0.717) is 19.4 Å². The third-order valence-corrected chi connectivity index (χ3v) is 5.27. The number of fused-ring (bicyclic) bond motifs is 1. The number of allylic oxidation sites excluding steroid dienone is 4. The van der Waals surface area contributed by atoms with Crippen molar-refractivity contribution in [3.05, 3.63) is 59.6 Å². The van der Waals surface area contributed by atoms with Crippen molar-refractivity contribution in [2.24, 2.45) is 0 Å². The number of rotatable bonds is 15. The summed E-state index contributed by atoms with van der Waals surface area (Å²) in [6.07, 6.45) is 13.9. The van der Waals surface area contributed by atoms with Gasteiger partial charge in [-0.05, 0) is 43.4 Å². The zero-order valence-corrected chi connectivity index (χ0v) is 18.6. The zero-order chi connectivity index (χ0) is 22.5. The predicted molar refractivity (Wildman–Crippen MR) is 121 cm³/mol. The highest BCUT2D eigenvalue weighted by Gasteiger charge is 2.43. The van der Waals surface area contributed by atoms with Crippen molar-refractivity contribution in [1.29, 1.82) is 0 Å². The highest BCUT2D eigenvalue weighted by molar-refractivity contribution is 5.60. The molecule has 31 heavy (non-hydrogen) atoms. The van der Waals surface area contributed by atoms with Crippen molar-refractivity contribution >= 4 is 6.08 Å². The van der Waals surface area contributed by atoms with Crippen molar-refractivity contribution < 1.29 is 22.6 Å². The monoisotopic (exact) mass is 436 g/mol. The van der Waals surface area contributed by atoms with E-state index < -0.39 is 17.5 Å². The number of halogens is 3. The lowest BCUT2D eigenvalue weighted by Gasteiger charge is -2.27. The average Bonchev–Trinajstić information content (AvgIpc) is 2.73. The van der Waals surface area contributed by atoms with Gasteiger partial charge >= 0.3 is 6.11 Å². The van der Waals surface area contributed by atoms with E-state index in [1.54, 1.807) is 0 Å². The summed E-state index contributed by atoms with van der Waals surface area (Å²) < 4.78 is 54.2. The maximum atomic E-state index is 14.8. The first kappa shape index (κ1) is 25.1. The second-order valence-electron chi connectivity index (χ2n) is 7.92. The van der Waals surface area contributed by atoms with E-state index in [-0.39, 0.29) is 17.1 Å². The molecule has 0 atom stereocenters. The van der Waals surface area contributed by atoms with Crippen molar-refractivity contribution in [2.75, 3.05) is 6.61 Å². The fraction of sp³-hybridized carbons (Fsp3) is 0.538. The van der Waals surface area contributed by atoms with Crippen molar-refractivity contribution in [3.63, 3.8) is 0 Å². The molecule has 0 aliphatic carbocycles. The van der Waals surface area contributed by atoms with E-state index in [1.807, 2.05) is 18.2 Å². The summed E-state index contributed by atoms with van der Waals surface area (Å²) in [4.78, 5) is 0. The van der Waals surface area contributed by atoms with Gasteiger partial charge in [0.2, 0.25) is 0 Å². The van der Waals surface area contributed by atoms with Crippen LogP contribution in [-0.4, -0.2) is 6.61 Å². The molecule has 0 bridgehead atoms. The molecule has 0 amide bonds. The molecule has 172 valence electrons. The zero-order valence-electron chi connectivity index (χ0n) is 18.6. The Morgan fingerprint density at radius 2 is 1.71 bits per heavy atom. The molecule has 0 aromatic heterocycles. The molecule has 1 aliphatic heterocycles. The minimum absolute atomic E-state index is 0.141. The summed E-state index contributed by atoms with van der Waals surface area (Å²) in [7, 11) is 0. The Kier molecular flexibility index (Phi) is 10.8. The molecule has 2 nitrogen and oxygen atoms in total. The van der Waals surface area contributed by atoms with Crippen LogP contribution in [-0.2, 0) is 10.8 Å². The average molecular weight is 437 g/mol. The van der Waals surface area contributed by atoms with E-state index in [1.165, 1.54) is 43.9 Å². The Balaban J connectivity index is 1.92. The number of hydrogen-bond acceptors (Lipinski definition) is 2. The van der Waals surface area contributed by atoms with Crippen molar-refractivity contribution in [1.82, 2.24) is 0 Å². The van der Waals surface area contributed by atoms with E-state index in [9.17, 15) is 13.2 Å². The maximum absolute atomic E-state index is 14.8. The van der Waals surface area contributed by atoms with Gasteiger partial charge in [-0.1, -0.05) is 69.7 Å². The summed E-state index contributed by atoms with van der Waals surface area (Å²) in [5.74, 6) is -1.03. The summed E-state index contributed by atoms with van der Waals surface area (Å²) >= 11 is 0. The summed E-state index contributed by atoms with van der Waals surface area (Å²) in [6, 6.07) is 2.91. The molecule has 0 spiro atoms. The van der Waals surface area contributed by atoms with Crippen LogP contribution in [0.1, 0.15) is 88.7 Å². The lowest BCUT2D eigenvalue weighted by atomic mass is 10.0. The second kappa shape index (κ2) is 13.3. The van der Waals surface area contributed by atoms with E-state index in [0.717, 1.165) is 32.1 Å². The van der Waals surface area contributed by atoms with Gasteiger partial charge in [-0.15, -0.1) is 6.58 Å². The van der Waals surface area contributed by atoms with Crippen LogP contribution >= 0.6 is 0 Å². The molecular formula is C26H35F3O2. The second-order valence-corrected chi connectivity index (χ2v) is 7.92. The minimum Gasteiger partial charge on any atom is -0.491 e. The Bertz CT molecular complexity index is 753. The highest BCUT2D eigenvalue weighted by atomic mass is 19.3. The SMILES string of the molecule is C=CCC/C=C/CCC1=Cc2ccc(OCCCCCCCCC)c(F)c2C(F)(F)O1. The fourth-order valence-electron chi connectivity index (χ4n) is 3.56. The number of hydrogen-bond donors (Lipinski definition) is 0. The Labute approximate surface area is 184 Å². The quantitative estimate of drug-likeness (QED) is 0.202. The molecule has 5 heteroatoms. The molecule has 0 N–H and O–H groups in total. The maximum Gasteiger partial charge on any atom is 0.430 e. The smallest absolute Gasteiger partial charge is 0.430 e. The lowest BCUT2D eigenvalue weighted by Crippen LogP contribution is -2.24. The van der Waals surface area contributed by atoms with E-state index in [4.69, 9.17) is 9.47 Å². The van der Waals surface area contributed by atoms with Crippen LogP contribution < -0.4 is 4.74 Å². The number of benzene rings is 1. The molecule has 1 aliphatic rings. The molecular weight excluding hydrogens is 401 g/mol. The van der Waals surface area contributed by atoms with Crippen molar-refractivity contribution in [3.8, 4) is 5.75 Å². The minimum atomic E-state index is -3.71. The van der Waals surface area contributed by atoms with Gasteiger partial charge in [-0.3, -0.25) is 0 Å². The largest absolute Gasteiger partial charge is 0.491 e. The molecule has 0 radical (unpaired) electrons. The molecule has 1 heterocycles. The highest BCUT2D eigenvalue weighted by Crippen LogP contribution is 2.43. The third-order valence-electron chi connectivity index (χ3n) is 5.27. The van der Waals surface area contributed by atoms with Crippen LogP contribution in [0.2, 0.25) is 0 Å². The van der Waals surface area contributed by atoms with E-state index >= 15 is 0 Å². The van der Waals surface area contributed by atoms with Gasteiger partial charge in [-0.25, -0.2) is 4.39 Å². The Hall–Kier alpha value is -2.17. The summed E-state index contributed by atoms with van der Waals surface area (Å²) in [6.45, 7) is 6.15. The molecule has 0 saturated heterocycles. The van der Waals surface area contributed by atoms with Gasteiger partial charge < -0.3 is 9.47 Å². The first-order valence-electron chi connectivity index (χ1n) is 11.5. The van der Waals surface area contributed by atoms with E-state index in [2.05, 4.69) is 13.5 Å². The van der Waals surface area contributed by atoms with Crippen LogP contribution in [0.4, 0.5) is 13.2 Å².